The summed E-state index contributed by atoms with van der Waals surface area (Å²) in [5.41, 5.74) is 0. The van der Waals surface area contributed by atoms with Crippen LogP contribution in [0.3, 0.4) is 0 Å². The molecular weight excluding hydrogens is 306 g/mol. The molecule has 0 spiro atoms. The summed E-state index contributed by atoms with van der Waals surface area (Å²) < 4.78 is 0.956. The van der Waals surface area contributed by atoms with Gasteiger partial charge in [-0.15, -0.1) is 0 Å². The molecule has 6 heteroatoms. The second-order valence-electron chi connectivity index (χ2n) is 4.72. The van der Waals surface area contributed by atoms with Crippen molar-refractivity contribution in [3.8, 4) is 0 Å². The van der Waals surface area contributed by atoms with E-state index in [-0.39, 0.29) is 0 Å². The lowest BCUT2D eigenvalue weighted by atomic mass is 10.2. The fourth-order valence-electron chi connectivity index (χ4n) is 2.73. The predicted octanol–water partition coefficient (Wildman–Crippen LogP) is 2.20. The van der Waals surface area contributed by atoms with E-state index >= 15 is 0 Å². The van der Waals surface area contributed by atoms with Crippen molar-refractivity contribution in [3.63, 3.8) is 0 Å². The maximum Gasteiger partial charge on any atom is 0.148 e. The van der Waals surface area contributed by atoms with Crippen LogP contribution in [0.4, 0.5) is 11.6 Å². The lowest BCUT2D eigenvalue weighted by molar-refractivity contribution is 0.232. The van der Waals surface area contributed by atoms with Crippen molar-refractivity contribution in [1.29, 1.82) is 0 Å². The van der Waals surface area contributed by atoms with Crippen LogP contribution < -0.4 is 10.2 Å². The van der Waals surface area contributed by atoms with Gasteiger partial charge >= 0.3 is 0 Å². The molecule has 1 saturated heterocycles. The number of nitrogens with one attached hydrogen (secondary N) is 1. The summed E-state index contributed by atoms with van der Waals surface area (Å²) in [5.74, 6) is 1.84. The van der Waals surface area contributed by atoms with Gasteiger partial charge in [-0.3, -0.25) is 4.90 Å². The van der Waals surface area contributed by atoms with E-state index in [0.29, 0.717) is 6.04 Å². The van der Waals surface area contributed by atoms with Gasteiger partial charge < -0.3 is 10.2 Å². The van der Waals surface area contributed by atoms with Gasteiger partial charge in [0, 0.05) is 26.2 Å². The smallest absolute Gasteiger partial charge is 0.148 e. The first-order valence-electron chi connectivity index (χ1n) is 6.88. The van der Waals surface area contributed by atoms with Crippen LogP contribution in [-0.2, 0) is 0 Å². The molecule has 0 amide bonds. The quantitative estimate of drug-likeness (QED) is 0.898. The van der Waals surface area contributed by atoms with Crippen LogP contribution in [0.5, 0.6) is 0 Å². The lowest BCUT2D eigenvalue weighted by Gasteiger charge is -2.26. The maximum absolute atomic E-state index is 4.42. The minimum absolute atomic E-state index is 0.634. The summed E-state index contributed by atoms with van der Waals surface area (Å²) in [4.78, 5) is 13.5. The highest BCUT2D eigenvalue weighted by Gasteiger charge is 2.28. The van der Waals surface area contributed by atoms with Gasteiger partial charge in [0.15, 0.2) is 0 Å². The molecule has 2 rings (SSSR count). The Kier molecular flexibility index (Phi) is 4.99. The molecule has 1 fully saturated rings. The highest BCUT2D eigenvalue weighted by atomic mass is 79.9. The van der Waals surface area contributed by atoms with Crippen LogP contribution in [0.1, 0.15) is 20.3 Å². The Morgan fingerprint density at radius 2 is 2.16 bits per heavy atom. The van der Waals surface area contributed by atoms with Gasteiger partial charge in [-0.25, -0.2) is 9.97 Å². The molecule has 106 valence electrons. The van der Waals surface area contributed by atoms with Gasteiger partial charge in [-0.1, -0.05) is 13.8 Å². The van der Waals surface area contributed by atoms with Gasteiger partial charge in [0.1, 0.15) is 22.4 Å². The van der Waals surface area contributed by atoms with Gasteiger partial charge in [0.2, 0.25) is 0 Å². The molecule has 1 N–H and O–H groups in total. The topological polar surface area (TPSA) is 44.3 Å². The number of aromatic nitrogens is 2. The third kappa shape index (κ3) is 3.00. The first kappa shape index (κ1) is 14.5. The van der Waals surface area contributed by atoms with Crippen molar-refractivity contribution in [2.75, 3.05) is 43.4 Å². The van der Waals surface area contributed by atoms with E-state index < -0.39 is 0 Å². The Hall–Kier alpha value is -0.880. The van der Waals surface area contributed by atoms with E-state index in [9.17, 15) is 0 Å². The Morgan fingerprint density at radius 1 is 1.42 bits per heavy atom. The van der Waals surface area contributed by atoms with Gasteiger partial charge in [-0.2, -0.15) is 0 Å². The predicted molar refractivity (Wildman–Crippen MR) is 82.8 cm³/mol. The lowest BCUT2D eigenvalue weighted by Crippen LogP contribution is -2.37. The summed E-state index contributed by atoms with van der Waals surface area (Å²) in [6, 6.07) is 0.634. The molecule has 0 radical (unpaired) electrons. The Morgan fingerprint density at radius 3 is 2.79 bits per heavy atom. The first-order valence-corrected chi connectivity index (χ1v) is 7.67. The molecule has 1 atom stereocenters. The standard InChI is InChI=1S/C13H22BrN5/c1-4-18(5-2)10-6-7-19(8-10)13-11(14)12(15-3)16-9-17-13/h9-10H,4-8H2,1-3H3,(H,15,16,17). The van der Waals surface area contributed by atoms with E-state index in [1.165, 1.54) is 6.42 Å². The van der Waals surface area contributed by atoms with Crippen molar-refractivity contribution < 1.29 is 0 Å². The number of hydrogen-bond donors (Lipinski definition) is 1. The normalized spacial score (nSPS) is 19.2. The van der Waals surface area contributed by atoms with Crippen molar-refractivity contribution in [3.05, 3.63) is 10.8 Å². The SMILES string of the molecule is CCN(CC)C1CCN(c2ncnc(NC)c2Br)C1. The molecule has 0 aliphatic carbocycles. The van der Waals surface area contributed by atoms with E-state index in [4.69, 9.17) is 0 Å². The first-order chi connectivity index (χ1) is 9.21. The third-order valence-electron chi connectivity index (χ3n) is 3.80. The summed E-state index contributed by atoms with van der Waals surface area (Å²) in [7, 11) is 1.87. The Bertz CT molecular complexity index is 421. The molecule has 19 heavy (non-hydrogen) atoms. The summed E-state index contributed by atoms with van der Waals surface area (Å²) >= 11 is 3.60. The van der Waals surface area contributed by atoms with Crippen LogP contribution in [0, 0.1) is 0 Å². The third-order valence-corrected chi connectivity index (χ3v) is 4.53. The molecule has 1 unspecified atom stereocenters. The minimum Gasteiger partial charge on any atom is -0.372 e. The summed E-state index contributed by atoms with van der Waals surface area (Å²) in [6.45, 7) is 8.78. The average molecular weight is 328 g/mol. The monoisotopic (exact) mass is 327 g/mol. The van der Waals surface area contributed by atoms with Crippen molar-refractivity contribution in [1.82, 2.24) is 14.9 Å². The number of halogens is 1. The largest absolute Gasteiger partial charge is 0.372 e. The van der Waals surface area contributed by atoms with E-state index in [0.717, 1.165) is 42.3 Å². The van der Waals surface area contributed by atoms with Gasteiger partial charge in [0.05, 0.1) is 0 Å². The fraction of sp³-hybridized carbons (Fsp3) is 0.692. The van der Waals surface area contributed by atoms with Gasteiger partial charge in [0.25, 0.3) is 0 Å². The van der Waals surface area contributed by atoms with Crippen LogP contribution in [-0.4, -0.2) is 54.1 Å². The zero-order chi connectivity index (χ0) is 13.8. The molecule has 0 bridgehead atoms. The van der Waals surface area contributed by atoms with Crippen LogP contribution >= 0.6 is 15.9 Å². The summed E-state index contributed by atoms with van der Waals surface area (Å²) in [6.07, 6.45) is 2.82. The zero-order valence-electron chi connectivity index (χ0n) is 11.9. The maximum atomic E-state index is 4.42. The number of anilines is 2. The summed E-state index contributed by atoms with van der Waals surface area (Å²) in [5, 5.41) is 3.08. The number of nitrogens with zero attached hydrogens (tertiary/aromatic N) is 4. The van der Waals surface area contributed by atoms with E-state index in [2.05, 4.69) is 54.9 Å². The Balaban J connectivity index is 2.13. The molecule has 0 saturated carbocycles. The minimum atomic E-state index is 0.634. The number of likely N-dealkylation sites (N-methyl/N-ethyl adjacent to an activating group) is 1. The molecular formula is C13H22BrN5. The molecule has 2 heterocycles. The van der Waals surface area contributed by atoms with Crippen LogP contribution in [0.25, 0.3) is 0 Å². The Labute approximate surface area is 123 Å². The molecule has 5 nitrogen and oxygen atoms in total. The van der Waals surface area contributed by atoms with Crippen LogP contribution in [0.15, 0.2) is 10.8 Å². The van der Waals surface area contributed by atoms with Crippen molar-refractivity contribution >= 4 is 27.6 Å². The second-order valence-corrected chi connectivity index (χ2v) is 5.51. The number of rotatable bonds is 5. The van der Waals surface area contributed by atoms with Crippen molar-refractivity contribution in [2.24, 2.45) is 0 Å². The van der Waals surface area contributed by atoms with Gasteiger partial charge in [-0.05, 0) is 35.4 Å². The van der Waals surface area contributed by atoms with E-state index in [1.807, 2.05) is 7.05 Å². The highest BCUT2D eigenvalue weighted by molar-refractivity contribution is 9.10. The van der Waals surface area contributed by atoms with E-state index in [1.54, 1.807) is 6.33 Å². The number of hydrogen-bond acceptors (Lipinski definition) is 5. The molecule has 1 aliphatic rings. The molecule has 1 aliphatic heterocycles. The van der Waals surface area contributed by atoms with Crippen molar-refractivity contribution in [2.45, 2.75) is 26.3 Å². The highest BCUT2D eigenvalue weighted by Crippen LogP contribution is 2.31. The molecule has 1 aromatic heterocycles. The molecule has 1 aromatic rings. The molecule has 0 aromatic carbocycles. The average Bonchev–Trinajstić information content (AvgIpc) is 2.90. The second kappa shape index (κ2) is 6.52. The fourth-order valence-corrected chi connectivity index (χ4v) is 3.38. The van der Waals surface area contributed by atoms with Crippen LogP contribution in [0.2, 0.25) is 0 Å². The zero-order valence-corrected chi connectivity index (χ0v) is 13.4.